The molecule has 0 aromatic rings. The van der Waals surface area contributed by atoms with Crippen LogP contribution in [0.5, 0.6) is 0 Å². The van der Waals surface area contributed by atoms with Gasteiger partial charge in [0.05, 0.1) is 6.61 Å². The molecule has 0 aliphatic rings. The van der Waals surface area contributed by atoms with Gasteiger partial charge in [0.15, 0.2) is 0 Å². The van der Waals surface area contributed by atoms with Crippen molar-refractivity contribution in [1.29, 1.82) is 0 Å². The minimum absolute atomic E-state index is 0.151. The highest BCUT2D eigenvalue weighted by Crippen LogP contribution is 2.08. The Bertz CT molecular complexity index is 216. The van der Waals surface area contributed by atoms with Crippen molar-refractivity contribution >= 4 is 11.9 Å². The van der Waals surface area contributed by atoms with Gasteiger partial charge in [-0.2, -0.15) is 0 Å². The number of carbonyl (C=O) groups is 2. The van der Waals surface area contributed by atoms with Crippen LogP contribution < -0.4 is 0 Å². The van der Waals surface area contributed by atoms with E-state index in [1.165, 1.54) is 7.11 Å². The Morgan fingerprint density at radius 2 is 1.67 bits per heavy atom. The molecule has 0 saturated carbocycles. The van der Waals surface area contributed by atoms with Gasteiger partial charge in [0, 0.05) is 7.11 Å². The van der Waals surface area contributed by atoms with Gasteiger partial charge in [0.1, 0.15) is 18.6 Å². The smallest absolute Gasteiger partial charge is 0.317 e. The molecule has 0 spiro atoms. The Labute approximate surface area is 89.7 Å². The average molecular weight is 218 g/mol. The third kappa shape index (κ3) is 9.21. The monoisotopic (exact) mass is 218 g/mol. The first-order chi connectivity index (χ1) is 6.85. The van der Waals surface area contributed by atoms with Crippen molar-refractivity contribution in [3.05, 3.63) is 0 Å². The first-order valence-electron chi connectivity index (χ1n) is 4.71. The van der Waals surface area contributed by atoms with Gasteiger partial charge >= 0.3 is 11.9 Å². The van der Waals surface area contributed by atoms with Gasteiger partial charge in [-0.1, -0.05) is 0 Å². The minimum atomic E-state index is -0.596. The van der Waals surface area contributed by atoms with Gasteiger partial charge in [-0.05, 0) is 20.8 Å². The lowest BCUT2D eigenvalue weighted by atomic mass is 10.2. The minimum Gasteiger partial charge on any atom is -0.463 e. The van der Waals surface area contributed by atoms with Crippen LogP contribution in [0.25, 0.3) is 0 Å². The van der Waals surface area contributed by atoms with Gasteiger partial charge in [-0.25, -0.2) is 0 Å². The van der Waals surface area contributed by atoms with Gasteiger partial charge in [-0.3, -0.25) is 9.59 Å². The predicted molar refractivity (Wildman–Crippen MR) is 53.3 cm³/mol. The number of hydrogen-bond donors (Lipinski definition) is 0. The van der Waals surface area contributed by atoms with Crippen LogP contribution in [0.4, 0.5) is 0 Å². The average Bonchev–Trinajstić information content (AvgIpc) is 2.00. The fourth-order valence-corrected chi connectivity index (χ4v) is 0.785. The van der Waals surface area contributed by atoms with E-state index in [0.29, 0.717) is 6.61 Å². The summed E-state index contributed by atoms with van der Waals surface area (Å²) in [5, 5.41) is 0. The van der Waals surface area contributed by atoms with Crippen molar-refractivity contribution in [2.45, 2.75) is 32.8 Å². The van der Waals surface area contributed by atoms with Crippen molar-refractivity contribution < 1.29 is 23.8 Å². The molecule has 15 heavy (non-hydrogen) atoms. The lowest BCUT2D eigenvalue weighted by molar-refractivity contribution is -0.162. The Balaban J connectivity index is 3.72. The zero-order valence-corrected chi connectivity index (χ0v) is 9.66. The van der Waals surface area contributed by atoms with E-state index in [9.17, 15) is 9.59 Å². The predicted octanol–water partition coefficient (Wildman–Crippen LogP) is 0.908. The molecule has 0 aromatic carbocycles. The lowest BCUT2D eigenvalue weighted by Gasteiger charge is -2.18. The molecular weight excluding hydrogens is 200 g/mol. The number of methoxy groups -OCH3 is 1. The van der Waals surface area contributed by atoms with Crippen LogP contribution >= 0.6 is 0 Å². The molecule has 0 amide bonds. The van der Waals surface area contributed by atoms with Crippen LogP contribution in [-0.4, -0.2) is 37.9 Å². The standard InChI is InChI=1S/C10H18O5/c1-10(2,3)15-9(12)7-8(11)14-6-5-13-4/h5-7H2,1-4H3. The zero-order valence-electron chi connectivity index (χ0n) is 9.66. The van der Waals surface area contributed by atoms with E-state index in [1.807, 2.05) is 0 Å². The molecule has 0 heterocycles. The SMILES string of the molecule is COCCOC(=O)CC(=O)OC(C)(C)C. The van der Waals surface area contributed by atoms with E-state index in [-0.39, 0.29) is 13.0 Å². The second-order valence-corrected chi connectivity index (χ2v) is 3.98. The molecular formula is C10H18O5. The van der Waals surface area contributed by atoms with Crippen LogP contribution in [0.1, 0.15) is 27.2 Å². The summed E-state index contributed by atoms with van der Waals surface area (Å²) in [6.45, 7) is 5.68. The molecule has 5 nitrogen and oxygen atoms in total. The first-order valence-corrected chi connectivity index (χ1v) is 4.71. The topological polar surface area (TPSA) is 61.8 Å². The van der Waals surface area contributed by atoms with Crippen molar-refractivity contribution in [3.63, 3.8) is 0 Å². The Hall–Kier alpha value is -1.10. The highest BCUT2D eigenvalue weighted by atomic mass is 16.6. The van der Waals surface area contributed by atoms with Crippen molar-refractivity contribution in [2.75, 3.05) is 20.3 Å². The quantitative estimate of drug-likeness (QED) is 0.390. The third-order valence-corrected chi connectivity index (χ3v) is 1.26. The Kier molecular flexibility index (Phi) is 5.93. The molecule has 0 aromatic heterocycles. The van der Waals surface area contributed by atoms with E-state index in [2.05, 4.69) is 4.74 Å². The largest absolute Gasteiger partial charge is 0.463 e. The van der Waals surface area contributed by atoms with Crippen LogP contribution in [0.2, 0.25) is 0 Å². The van der Waals surface area contributed by atoms with Crippen LogP contribution in [0, 0.1) is 0 Å². The maximum atomic E-state index is 11.1. The van der Waals surface area contributed by atoms with E-state index in [4.69, 9.17) is 9.47 Å². The summed E-state index contributed by atoms with van der Waals surface area (Å²) in [5.74, 6) is -1.17. The summed E-state index contributed by atoms with van der Waals surface area (Å²) < 4.78 is 14.3. The molecule has 88 valence electrons. The fraction of sp³-hybridized carbons (Fsp3) is 0.800. The zero-order chi connectivity index (χ0) is 11.9. The number of rotatable bonds is 5. The summed E-state index contributed by atoms with van der Waals surface area (Å²) in [6, 6.07) is 0. The third-order valence-electron chi connectivity index (χ3n) is 1.26. The summed E-state index contributed by atoms with van der Waals surface area (Å²) in [5.41, 5.74) is -0.579. The summed E-state index contributed by atoms with van der Waals surface area (Å²) in [7, 11) is 1.50. The van der Waals surface area contributed by atoms with E-state index in [1.54, 1.807) is 20.8 Å². The Morgan fingerprint density at radius 1 is 1.07 bits per heavy atom. The van der Waals surface area contributed by atoms with E-state index >= 15 is 0 Å². The van der Waals surface area contributed by atoms with E-state index in [0.717, 1.165) is 0 Å². The van der Waals surface area contributed by atoms with Crippen molar-refractivity contribution in [1.82, 2.24) is 0 Å². The normalized spacial score (nSPS) is 10.9. The number of carbonyl (C=O) groups excluding carboxylic acids is 2. The summed E-state index contributed by atoms with van der Waals surface area (Å²) in [4.78, 5) is 22.2. The summed E-state index contributed by atoms with van der Waals surface area (Å²) in [6.07, 6.45) is -0.360. The number of ether oxygens (including phenoxy) is 3. The number of hydrogen-bond acceptors (Lipinski definition) is 5. The van der Waals surface area contributed by atoms with E-state index < -0.39 is 17.5 Å². The fourth-order valence-electron chi connectivity index (χ4n) is 0.785. The number of esters is 2. The molecule has 0 unspecified atom stereocenters. The molecule has 0 rings (SSSR count). The van der Waals surface area contributed by atoms with Crippen LogP contribution in [0.15, 0.2) is 0 Å². The lowest BCUT2D eigenvalue weighted by Crippen LogP contribution is -2.26. The maximum Gasteiger partial charge on any atom is 0.317 e. The molecule has 5 heteroatoms. The molecule has 0 N–H and O–H groups in total. The second kappa shape index (κ2) is 6.40. The van der Waals surface area contributed by atoms with Crippen molar-refractivity contribution in [3.8, 4) is 0 Å². The van der Waals surface area contributed by atoms with Gasteiger partial charge in [0.2, 0.25) is 0 Å². The molecule has 0 fully saturated rings. The second-order valence-electron chi connectivity index (χ2n) is 3.98. The molecule has 0 aliphatic heterocycles. The highest BCUT2D eigenvalue weighted by molar-refractivity contribution is 5.91. The molecule has 0 saturated heterocycles. The highest BCUT2D eigenvalue weighted by Gasteiger charge is 2.19. The van der Waals surface area contributed by atoms with Gasteiger partial charge in [-0.15, -0.1) is 0 Å². The van der Waals surface area contributed by atoms with Crippen LogP contribution in [0.3, 0.4) is 0 Å². The Morgan fingerprint density at radius 3 is 2.13 bits per heavy atom. The molecule has 0 bridgehead atoms. The van der Waals surface area contributed by atoms with Crippen molar-refractivity contribution in [2.24, 2.45) is 0 Å². The molecule has 0 radical (unpaired) electrons. The molecule has 0 atom stereocenters. The molecule has 0 aliphatic carbocycles. The summed E-state index contributed by atoms with van der Waals surface area (Å²) >= 11 is 0. The first kappa shape index (κ1) is 13.9. The van der Waals surface area contributed by atoms with Crippen LogP contribution in [-0.2, 0) is 23.8 Å². The van der Waals surface area contributed by atoms with Gasteiger partial charge < -0.3 is 14.2 Å². The maximum absolute atomic E-state index is 11.1. The van der Waals surface area contributed by atoms with Gasteiger partial charge in [0.25, 0.3) is 0 Å².